The molecule has 0 bridgehead atoms. The molecule has 2 aromatic rings. The summed E-state index contributed by atoms with van der Waals surface area (Å²) in [6.45, 7) is 2.27. The average Bonchev–Trinajstić information content (AvgIpc) is 2.99. The second kappa shape index (κ2) is 6.58. The molecule has 0 unspecified atom stereocenters. The number of alkyl halides is 3. The normalized spacial score (nSPS) is 16.5. The van der Waals surface area contributed by atoms with E-state index in [0.29, 0.717) is 12.1 Å². The van der Waals surface area contributed by atoms with Gasteiger partial charge in [0.1, 0.15) is 10.7 Å². The molecule has 0 amide bonds. The maximum atomic E-state index is 12.6. The molecule has 3 heterocycles. The molecule has 25 heavy (non-hydrogen) atoms. The van der Waals surface area contributed by atoms with E-state index in [1.807, 2.05) is 0 Å². The number of pyridine rings is 2. The molecule has 0 aromatic carbocycles. The first-order chi connectivity index (χ1) is 11.7. The maximum absolute atomic E-state index is 12.6. The van der Waals surface area contributed by atoms with E-state index in [4.69, 9.17) is 11.6 Å². The van der Waals surface area contributed by atoms with Crippen LogP contribution in [0, 0.1) is 0 Å². The SMILES string of the molecule is O=S(=O)(Oc1ccnc2c(CN3CCCC3)cc(Cl)nc12)C(F)(F)F. The Hall–Kier alpha value is -1.65. The van der Waals surface area contributed by atoms with Crippen molar-refractivity contribution >= 4 is 32.8 Å². The summed E-state index contributed by atoms with van der Waals surface area (Å²) in [7, 11) is -5.81. The second-order valence-corrected chi connectivity index (χ2v) is 7.50. The molecule has 1 aliphatic rings. The highest BCUT2D eigenvalue weighted by molar-refractivity contribution is 7.88. The summed E-state index contributed by atoms with van der Waals surface area (Å²) in [5.74, 6) is -0.563. The van der Waals surface area contributed by atoms with Crippen molar-refractivity contribution in [2.24, 2.45) is 0 Å². The van der Waals surface area contributed by atoms with Gasteiger partial charge < -0.3 is 4.18 Å². The third-order valence-corrected chi connectivity index (χ3v) is 4.94. The van der Waals surface area contributed by atoms with Crippen molar-refractivity contribution in [2.75, 3.05) is 13.1 Å². The number of fused-ring (bicyclic) bond motifs is 1. The van der Waals surface area contributed by atoms with Crippen LogP contribution in [0.2, 0.25) is 5.15 Å². The van der Waals surface area contributed by atoms with E-state index in [1.165, 1.54) is 6.20 Å². The fraction of sp³-hybridized carbons (Fsp3) is 0.429. The van der Waals surface area contributed by atoms with Gasteiger partial charge in [-0.3, -0.25) is 9.88 Å². The Kier molecular flexibility index (Phi) is 4.78. The maximum Gasteiger partial charge on any atom is 0.534 e. The molecule has 1 fully saturated rings. The van der Waals surface area contributed by atoms with Crippen LogP contribution in [0.3, 0.4) is 0 Å². The van der Waals surface area contributed by atoms with Crippen molar-refractivity contribution in [1.82, 2.24) is 14.9 Å². The van der Waals surface area contributed by atoms with Gasteiger partial charge in [-0.05, 0) is 37.6 Å². The topological polar surface area (TPSA) is 72.4 Å². The molecule has 11 heteroatoms. The van der Waals surface area contributed by atoms with Gasteiger partial charge in [0.15, 0.2) is 5.75 Å². The van der Waals surface area contributed by atoms with Gasteiger partial charge in [0.25, 0.3) is 0 Å². The van der Waals surface area contributed by atoms with Crippen LogP contribution in [0.5, 0.6) is 5.75 Å². The minimum Gasteiger partial charge on any atom is -0.374 e. The Balaban J connectivity index is 2.05. The van der Waals surface area contributed by atoms with Crippen molar-refractivity contribution in [3.8, 4) is 5.75 Å². The molecule has 136 valence electrons. The summed E-state index contributed by atoms with van der Waals surface area (Å²) in [5.41, 5.74) is -4.77. The zero-order valence-electron chi connectivity index (χ0n) is 12.8. The van der Waals surface area contributed by atoms with Crippen molar-refractivity contribution in [3.63, 3.8) is 0 Å². The zero-order valence-corrected chi connectivity index (χ0v) is 14.3. The number of nitrogens with zero attached hydrogens (tertiary/aromatic N) is 3. The highest BCUT2D eigenvalue weighted by atomic mass is 35.5. The highest BCUT2D eigenvalue weighted by Gasteiger charge is 2.48. The molecule has 0 atom stereocenters. The molecular formula is C14H13ClF3N3O3S. The fourth-order valence-electron chi connectivity index (χ4n) is 2.67. The van der Waals surface area contributed by atoms with Crippen LogP contribution in [0.15, 0.2) is 18.3 Å². The summed E-state index contributed by atoms with van der Waals surface area (Å²) < 4.78 is 64.5. The van der Waals surface area contributed by atoms with Gasteiger partial charge in [-0.1, -0.05) is 11.6 Å². The van der Waals surface area contributed by atoms with Gasteiger partial charge in [0, 0.05) is 18.8 Å². The Morgan fingerprint density at radius 3 is 2.56 bits per heavy atom. The molecule has 0 spiro atoms. The predicted octanol–water partition coefficient (Wildman–Crippen LogP) is 3.11. The zero-order chi connectivity index (χ0) is 18.2. The van der Waals surface area contributed by atoms with Crippen molar-refractivity contribution < 1.29 is 25.8 Å². The molecule has 1 aliphatic heterocycles. The molecule has 2 aromatic heterocycles. The van der Waals surface area contributed by atoms with Crippen LogP contribution < -0.4 is 4.18 Å². The quantitative estimate of drug-likeness (QED) is 0.450. The van der Waals surface area contributed by atoms with Crippen molar-refractivity contribution in [2.45, 2.75) is 24.9 Å². The van der Waals surface area contributed by atoms with Crippen LogP contribution in [-0.2, 0) is 16.7 Å². The lowest BCUT2D eigenvalue weighted by atomic mass is 10.2. The van der Waals surface area contributed by atoms with Gasteiger partial charge in [-0.25, -0.2) is 4.98 Å². The van der Waals surface area contributed by atoms with E-state index in [0.717, 1.165) is 32.0 Å². The van der Waals surface area contributed by atoms with E-state index in [2.05, 4.69) is 19.1 Å². The van der Waals surface area contributed by atoms with Crippen LogP contribution in [0.25, 0.3) is 11.0 Å². The number of aromatic nitrogens is 2. The Bertz CT molecular complexity index is 899. The van der Waals surface area contributed by atoms with Crippen LogP contribution >= 0.6 is 11.6 Å². The van der Waals surface area contributed by atoms with E-state index < -0.39 is 21.4 Å². The number of halogens is 4. The van der Waals surface area contributed by atoms with E-state index in [-0.39, 0.29) is 16.2 Å². The average molecular weight is 396 g/mol. The van der Waals surface area contributed by atoms with Crippen molar-refractivity contribution in [3.05, 3.63) is 29.0 Å². The Morgan fingerprint density at radius 1 is 1.24 bits per heavy atom. The largest absolute Gasteiger partial charge is 0.534 e. The molecule has 0 aliphatic carbocycles. The summed E-state index contributed by atoms with van der Waals surface area (Å²) in [5, 5.41) is 0.0175. The summed E-state index contributed by atoms with van der Waals surface area (Å²) >= 11 is 5.96. The lowest BCUT2D eigenvalue weighted by molar-refractivity contribution is -0.0499. The van der Waals surface area contributed by atoms with Crippen molar-refractivity contribution in [1.29, 1.82) is 0 Å². The fourth-order valence-corrected chi connectivity index (χ4v) is 3.35. The van der Waals surface area contributed by atoms with Crippen LogP contribution in [0.1, 0.15) is 18.4 Å². The third kappa shape index (κ3) is 3.80. The highest BCUT2D eigenvalue weighted by Crippen LogP contribution is 2.32. The van der Waals surface area contributed by atoms with Gasteiger partial charge in [0.2, 0.25) is 0 Å². The third-order valence-electron chi connectivity index (χ3n) is 3.78. The molecule has 6 nitrogen and oxygen atoms in total. The number of hydrogen-bond donors (Lipinski definition) is 0. The van der Waals surface area contributed by atoms with Gasteiger partial charge in [-0.2, -0.15) is 21.6 Å². The predicted molar refractivity (Wildman–Crippen MR) is 84.7 cm³/mol. The summed E-state index contributed by atoms with van der Waals surface area (Å²) in [4.78, 5) is 10.2. The molecule has 0 saturated carbocycles. The number of likely N-dealkylation sites (tertiary alicyclic amines) is 1. The number of hydrogen-bond acceptors (Lipinski definition) is 6. The minimum absolute atomic E-state index is 0.0175. The second-order valence-electron chi connectivity index (χ2n) is 5.58. The first-order valence-corrected chi connectivity index (χ1v) is 9.13. The minimum atomic E-state index is -5.81. The Labute approximate surface area is 146 Å². The molecule has 0 N–H and O–H groups in total. The summed E-state index contributed by atoms with van der Waals surface area (Å²) in [6.07, 6.45) is 3.29. The van der Waals surface area contributed by atoms with Gasteiger partial charge in [0.05, 0.1) is 5.52 Å². The summed E-state index contributed by atoms with van der Waals surface area (Å²) in [6, 6.07) is 2.58. The monoisotopic (exact) mass is 395 g/mol. The number of rotatable bonds is 4. The van der Waals surface area contributed by atoms with Crippen LogP contribution in [0.4, 0.5) is 13.2 Å². The lowest BCUT2D eigenvalue weighted by Gasteiger charge is -2.16. The first-order valence-electron chi connectivity index (χ1n) is 7.34. The van der Waals surface area contributed by atoms with E-state index in [9.17, 15) is 21.6 Å². The van der Waals surface area contributed by atoms with Gasteiger partial charge in [-0.15, -0.1) is 0 Å². The smallest absolute Gasteiger partial charge is 0.374 e. The molecule has 3 rings (SSSR count). The standard InChI is InChI=1S/C14H13ClF3N3O3S/c15-11-7-9(8-21-5-1-2-6-21)12-13(20-11)10(3-4-19-12)24-25(22,23)14(16,17)18/h3-4,7H,1-2,5-6,8H2. The lowest BCUT2D eigenvalue weighted by Crippen LogP contribution is -2.28. The molecular weight excluding hydrogens is 383 g/mol. The van der Waals surface area contributed by atoms with E-state index in [1.54, 1.807) is 6.07 Å². The Morgan fingerprint density at radius 2 is 1.92 bits per heavy atom. The van der Waals surface area contributed by atoms with Crippen LogP contribution in [-0.4, -0.2) is 41.9 Å². The molecule has 1 saturated heterocycles. The van der Waals surface area contributed by atoms with E-state index >= 15 is 0 Å². The first kappa shape index (κ1) is 18.2. The molecule has 0 radical (unpaired) electrons. The van der Waals surface area contributed by atoms with Gasteiger partial charge >= 0.3 is 15.6 Å².